The zero-order valence-electron chi connectivity index (χ0n) is 18.9. The normalized spacial score (nSPS) is 11.1. The van der Waals surface area contributed by atoms with E-state index in [1.165, 1.54) is 42.6 Å². The van der Waals surface area contributed by atoms with Crippen molar-refractivity contribution in [3.8, 4) is 35.0 Å². The molecule has 4 rings (SSSR count). The number of halogens is 6. The zero-order chi connectivity index (χ0) is 27.6. The van der Waals surface area contributed by atoms with Crippen molar-refractivity contribution >= 4 is 11.6 Å². The first kappa shape index (κ1) is 26.3. The summed E-state index contributed by atoms with van der Waals surface area (Å²) in [6, 6.07) is 13.0. The molecule has 2 aromatic heterocycles. The molecular formula is C26H12ClF5N4O2. The minimum atomic E-state index is -5.06. The molecule has 0 unspecified atom stereocenters. The average Bonchev–Trinajstić information content (AvgIpc) is 2.87. The number of nitriles is 2. The number of nitrogens with zero attached hydrogens (tertiary/aromatic N) is 4. The van der Waals surface area contributed by atoms with Crippen LogP contribution in [0.4, 0.5) is 22.0 Å². The Morgan fingerprint density at radius 3 is 2.42 bits per heavy atom. The molecule has 0 N–H and O–H groups in total. The molecule has 6 nitrogen and oxygen atoms in total. The van der Waals surface area contributed by atoms with Crippen LogP contribution in [0.1, 0.15) is 22.3 Å². The van der Waals surface area contributed by atoms with Crippen LogP contribution in [-0.4, -0.2) is 9.55 Å². The van der Waals surface area contributed by atoms with Gasteiger partial charge in [-0.25, -0.2) is 13.8 Å². The first-order chi connectivity index (χ1) is 18.0. The fraction of sp³-hybridized carbons (Fsp3) is 0.0769. The van der Waals surface area contributed by atoms with Gasteiger partial charge < -0.3 is 9.30 Å². The predicted octanol–water partition coefficient (Wildman–Crippen LogP) is 6.44. The summed E-state index contributed by atoms with van der Waals surface area (Å²) in [7, 11) is 0. The minimum Gasteiger partial charge on any atom is -0.436 e. The molecule has 190 valence electrons. The van der Waals surface area contributed by atoms with E-state index in [2.05, 4.69) is 4.98 Å². The molecule has 0 aliphatic rings. The monoisotopic (exact) mass is 542 g/mol. The molecule has 0 aliphatic carbocycles. The van der Waals surface area contributed by atoms with E-state index in [1.54, 1.807) is 0 Å². The maximum absolute atomic E-state index is 14.4. The Balaban J connectivity index is 1.89. The Hall–Kier alpha value is -4.74. The number of aromatic nitrogens is 2. The Kier molecular flexibility index (Phi) is 7.15. The van der Waals surface area contributed by atoms with Gasteiger partial charge in [0.15, 0.2) is 0 Å². The lowest BCUT2D eigenvalue weighted by Gasteiger charge is -2.18. The third-order valence-corrected chi connectivity index (χ3v) is 5.68. The van der Waals surface area contributed by atoms with Gasteiger partial charge in [-0.05, 0) is 42.5 Å². The van der Waals surface area contributed by atoms with E-state index < -0.39 is 41.0 Å². The highest BCUT2D eigenvalue weighted by molar-refractivity contribution is 6.32. The van der Waals surface area contributed by atoms with Crippen LogP contribution in [0, 0.1) is 34.3 Å². The minimum absolute atomic E-state index is 0.00140. The first-order valence-electron chi connectivity index (χ1n) is 10.6. The van der Waals surface area contributed by atoms with Gasteiger partial charge in [-0.2, -0.15) is 23.7 Å². The maximum atomic E-state index is 14.4. The second-order valence-electron chi connectivity index (χ2n) is 7.77. The quantitative estimate of drug-likeness (QED) is 0.270. The van der Waals surface area contributed by atoms with E-state index in [4.69, 9.17) is 16.3 Å². The number of hydrogen-bond acceptors (Lipinski definition) is 5. The second kappa shape index (κ2) is 10.3. The van der Waals surface area contributed by atoms with Gasteiger partial charge in [0, 0.05) is 23.4 Å². The Morgan fingerprint density at radius 1 is 1.03 bits per heavy atom. The molecule has 38 heavy (non-hydrogen) atoms. The van der Waals surface area contributed by atoms with Gasteiger partial charge in [-0.3, -0.25) is 4.79 Å². The van der Waals surface area contributed by atoms with Gasteiger partial charge in [-0.1, -0.05) is 17.7 Å². The smallest absolute Gasteiger partial charge is 0.417 e. The lowest BCUT2D eigenvalue weighted by molar-refractivity contribution is -0.137. The summed E-state index contributed by atoms with van der Waals surface area (Å²) in [4.78, 5) is 17.0. The fourth-order valence-electron chi connectivity index (χ4n) is 3.60. The molecule has 0 spiro atoms. The van der Waals surface area contributed by atoms with Gasteiger partial charge in [0.1, 0.15) is 40.6 Å². The van der Waals surface area contributed by atoms with Crippen LogP contribution in [0.3, 0.4) is 0 Å². The van der Waals surface area contributed by atoms with Crippen molar-refractivity contribution in [1.29, 1.82) is 10.5 Å². The van der Waals surface area contributed by atoms with Crippen LogP contribution >= 0.6 is 11.6 Å². The lowest BCUT2D eigenvalue weighted by Crippen LogP contribution is -2.29. The SMILES string of the molecule is N#Cc1cccnc1Oc1ccc(-c2cc(C(F)(F)F)c(C#N)c(=O)n2Cc2ccc(F)cc2F)cc1Cl. The van der Waals surface area contributed by atoms with Crippen molar-refractivity contribution in [1.82, 2.24) is 9.55 Å². The molecule has 0 saturated carbocycles. The van der Waals surface area contributed by atoms with E-state index in [0.29, 0.717) is 12.1 Å². The Labute approximate surface area is 216 Å². The van der Waals surface area contributed by atoms with Gasteiger partial charge in [-0.15, -0.1) is 0 Å². The molecule has 0 saturated heterocycles. The van der Waals surface area contributed by atoms with E-state index in [0.717, 1.165) is 16.7 Å². The third kappa shape index (κ3) is 5.19. The summed E-state index contributed by atoms with van der Waals surface area (Å²) < 4.78 is 75.3. The van der Waals surface area contributed by atoms with Gasteiger partial charge in [0.2, 0.25) is 5.88 Å². The highest BCUT2D eigenvalue weighted by atomic mass is 35.5. The number of rotatable bonds is 5. The summed E-state index contributed by atoms with van der Waals surface area (Å²) in [6.45, 7) is -0.609. The molecule has 12 heteroatoms. The number of benzene rings is 2. The van der Waals surface area contributed by atoms with Crippen molar-refractivity contribution in [2.24, 2.45) is 0 Å². The molecule has 0 amide bonds. The van der Waals surface area contributed by atoms with E-state index >= 15 is 0 Å². The van der Waals surface area contributed by atoms with E-state index in [1.807, 2.05) is 6.07 Å². The fourth-order valence-corrected chi connectivity index (χ4v) is 3.82. The van der Waals surface area contributed by atoms with Crippen molar-refractivity contribution < 1.29 is 26.7 Å². The molecule has 0 atom stereocenters. The molecule has 0 aliphatic heterocycles. The third-order valence-electron chi connectivity index (χ3n) is 5.39. The molecule has 2 heterocycles. The second-order valence-corrected chi connectivity index (χ2v) is 8.18. The van der Waals surface area contributed by atoms with E-state index in [-0.39, 0.29) is 39.0 Å². The Morgan fingerprint density at radius 2 is 1.79 bits per heavy atom. The number of pyridine rings is 2. The van der Waals surface area contributed by atoms with Crippen molar-refractivity contribution in [2.75, 3.05) is 0 Å². The lowest BCUT2D eigenvalue weighted by atomic mass is 10.0. The summed E-state index contributed by atoms with van der Waals surface area (Å²) in [6.07, 6.45) is -3.68. The van der Waals surface area contributed by atoms with Crippen LogP contribution in [-0.2, 0) is 12.7 Å². The van der Waals surface area contributed by atoms with Gasteiger partial charge in [0.05, 0.1) is 22.8 Å². The summed E-state index contributed by atoms with van der Waals surface area (Å²) in [5, 5.41) is 18.4. The molecule has 0 radical (unpaired) electrons. The van der Waals surface area contributed by atoms with Crippen LogP contribution in [0.25, 0.3) is 11.3 Å². The van der Waals surface area contributed by atoms with Crippen LogP contribution in [0.2, 0.25) is 5.02 Å². The van der Waals surface area contributed by atoms with Crippen molar-refractivity contribution in [3.05, 3.63) is 110 Å². The maximum Gasteiger partial charge on any atom is 0.417 e. The molecule has 2 aromatic carbocycles. The highest BCUT2D eigenvalue weighted by Crippen LogP contribution is 2.37. The van der Waals surface area contributed by atoms with Gasteiger partial charge in [0.25, 0.3) is 5.56 Å². The summed E-state index contributed by atoms with van der Waals surface area (Å²) in [5.41, 5.74) is -4.45. The van der Waals surface area contributed by atoms with Gasteiger partial charge >= 0.3 is 6.18 Å². The van der Waals surface area contributed by atoms with Crippen molar-refractivity contribution in [2.45, 2.75) is 12.7 Å². The molecular weight excluding hydrogens is 531 g/mol. The number of hydrogen-bond donors (Lipinski definition) is 0. The van der Waals surface area contributed by atoms with Crippen LogP contribution in [0.15, 0.2) is 65.6 Å². The molecule has 0 fully saturated rings. The standard InChI is InChI=1S/C26H12ClF5N4O2/c27-20-8-14(4-6-23(20)38-24-15(11-33)2-1-7-35-24)22-10-19(26(30,31)32)18(12-34)25(37)36(22)13-16-3-5-17(28)9-21(16)29/h1-10H,13H2. The molecule has 0 bridgehead atoms. The van der Waals surface area contributed by atoms with Crippen LogP contribution in [0.5, 0.6) is 11.6 Å². The predicted molar refractivity (Wildman–Crippen MR) is 125 cm³/mol. The van der Waals surface area contributed by atoms with E-state index in [9.17, 15) is 37.3 Å². The first-order valence-corrected chi connectivity index (χ1v) is 10.9. The highest BCUT2D eigenvalue weighted by Gasteiger charge is 2.36. The Bertz CT molecular complexity index is 1700. The van der Waals surface area contributed by atoms with Crippen molar-refractivity contribution in [3.63, 3.8) is 0 Å². The number of alkyl halides is 3. The molecule has 4 aromatic rings. The number of ether oxygens (including phenoxy) is 1. The largest absolute Gasteiger partial charge is 0.436 e. The van der Waals surface area contributed by atoms with Crippen LogP contribution < -0.4 is 10.3 Å². The summed E-state index contributed by atoms with van der Waals surface area (Å²) in [5.74, 6) is -1.98. The topological polar surface area (TPSA) is 91.7 Å². The summed E-state index contributed by atoms with van der Waals surface area (Å²) >= 11 is 6.31. The zero-order valence-corrected chi connectivity index (χ0v) is 19.6. The average molecular weight is 543 g/mol.